The molecule has 0 amide bonds. The second-order valence-electron chi connectivity index (χ2n) is 8.71. The van der Waals surface area contributed by atoms with Gasteiger partial charge in [0.15, 0.2) is 11.6 Å². The molecule has 34 heavy (non-hydrogen) atoms. The molecular weight excluding hydrogens is 429 g/mol. The van der Waals surface area contributed by atoms with Crippen molar-refractivity contribution in [2.75, 3.05) is 0 Å². The highest BCUT2D eigenvalue weighted by Crippen LogP contribution is 2.28. The van der Waals surface area contributed by atoms with Crippen molar-refractivity contribution in [1.82, 2.24) is 0 Å². The van der Waals surface area contributed by atoms with Crippen molar-refractivity contribution >= 4 is 0 Å². The number of halogens is 3. The third kappa shape index (κ3) is 5.25. The molecule has 0 aliphatic rings. The van der Waals surface area contributed by atoms with Crippen molar-refractivity contribution in [1.29, 1.82) is 0 Å². The van der Waals surface area contributed by atoms with Gasteiger partial charge in [0.05, 0.1) is 0 Å². The third-order valence-electron chi connectivity index (χ3n) is 6.36. The molecule has 0 fully saturated rings. The lowest BCUT2D eigenvalue weighted by atomic mass is 9.97. The van der Waals surface area contributed by atoms with Crippen molar-refractivity contribution in [2.45, 2.75) is 46.0 Å². The Balaban J connectivity index is 1.46. The molecule has 0 unspecified atom stereocenters. The molecule has 3 heteroatoms. The lowest BCUT2D eigenvalue weighted by Gasteiger charge is -2.10. The Morgan fingerprint density at radius 1 is 0.529 bits per heavy atom. The molecule has 0 spiro atoms. The molecule has 0 saturated carbocycles. The van der Waals surface area contributed by atoms with E-state index in [9.17, 15) is 13.2 Å². The zero-order valence-corrected chi connectivity index (χ0v) is 19.7. The summed E-state index contributed by atoms with van der Waals surface area (Å²) in [7, 11) is 0. The summed E-state index contributed by atoms with van der Waals surface area (Å²) in [5.41, 5.74) is 5.83. The highest BCUT2D eigenvalue weighted by atomic mass is 19.2. The van der Waals surface area contributed by atoms with Gasteiger partial charge in [-0.1, -0.05) is 93.1 Å². The van der Waals surface area contributed by atoms with E-state index in [-0.39, 0.29) is 11.4 Å². The zero-order chi connectivity index (χ0) is 24.1. The van der Waals surface area contributed by atoms with E-state index < -0.39 is 11.6 Å². The fourth-order valence-corrected chi connectivity index (χ4v) is 4.29. The first-order valence-corrected chi connectivity index (χ1v) is 11.9. The van der Waals surface area contributed by atoms with Crippen LogP contribution in [0.2, 0.25) is 0 Å². The predicted molar refractivity (Wildman–Crippen MR) is 134 cm³/mol. The summed E-state index contributed by atoms with van der Waals surface area (Å²) in [5.74, 6) is -1.82. The van der Waals surface area contributed by atoms with Crippen LogP contribution in [0, 0.1) is 17.5 Å². The van der Waals surface area contributed by atoms with E-state index in [1.807, 2.05) is 60.7 Å². The van der Waals surface area contributed by atoms with Gasteiger partial charge in [0.2, 0.25) is 0 Å². The molecule has 0 atom stereocenters. The van der Waals surface area contributed by atoms with Crippen LogP contribution in [0.4, 0.5) is 13.2 Å². The van der Waals surface area contributed by atoms with Gasteiger partial charge in [-0.3, -0.25) is 0 Å². The van der Waals surface area contributed by atoms with Crippen LogP contribution in [0.15, 0.2) is 78.9 Å². The van der Waals surface area contributed by atoms with Gasteiger partial charge < -0.3 is 0 Å². The van der Waals surface area contributed by atoms with Crippen LogP contribution in [0.25, 0.3) is 22.3 Å². The van der Waals surface area contributed by atoms with E-state index >= 15 is 0 Å². The number of hydrogen-bond acceptors (Lipinski definition) is 0. The highest BCUT2D eigenvalue weighted by Gasteiger charge is 2.15. The van der Waals surface area contributed by atoms with Gasteiger partial charge in [-0.15, -0.1) is 0 Å². The molecule has 0 bridgehead atoms. The van der Waals surface area contributed by atoms with Crippen molar-refractivity contribution in [2.24, 2.45) is 0 Å². The first-order chi connectivity index (χ1) is 16.5. The molecule has 0 aromatic heterocycles. The average molecular weight is 459 g/mol. The summed E-state index contributed by atoms with van der Waals surface area (Å²) < 4.78 is 44.1. The Morgan fingerprint density at radius 2 is 1.12 bits per heavy atom. The fourth-order valence-electron chi connectivity index (χ4n) is 4.29. The fraction of sp³-hybridized carbons (Fsp3) is 0.226. The molecule has 0 heterocycles. The third-order valence-corrected chi connectivity index (χ3v) is 6.36. The van der Waals surface area contributed by atoms with Gasteiger partial charge >= 0.3 is 0 Å². The van der Waals surface area contributed by atoms with E-state index in [1.54, 1.807) is 18.2 Å². The minimum absolute atomic E-state index is 0.222. The van der Waals surface area contributed by atoms with Crippen LogP contribution in [0.3, 0.4) is 0 Å². The minimum Gasteiger partial charge on any atom is -0.206 e. The Bertz CT molecular complexity index is 1260. The van der Waals surface area contributed by atoms with Crippen molar-refractivity contribution in [3.8, 4) is 22.3 Å². The molecule has 0 nitrogen and oxygen atoms in total. The van der Waals surface area contributed by atoms with Crippen molar-refractivity contribution in [3.63, 3.8) is 0 Å². The number of benzene rings is 4. The van der Waals surface area contributed by atoms with E-state index in [4.69, 9.17) is 0 Å². The summed E-state index contributed by atoms with van der Waals surface area (Å²) in [6.07, 6.45) is 3.69. The Labute approximate surface area is 200 Å². The van der Waals surface area contributed by atoms with Crippen LogP contribution < -0.4 is 0 Å². The van der Waals surface area contributed by atoms with Crippen LogP contribution in [0.1, 0.15) is 42.5 Å². The molecule has 4 aromatic rings. The van der Waals surface area contributed by atoms with E-state index in [0.29, 0.717) is 29.5 Å². The maximum absolute atomic E-state index is 14.8. The molecule has 0 aliphatic heterocycles. The van der Waals surface area contributed by atoms with E-state index in [0.717, 1.165) is 41.5 Å². The number of aryl methyl sites for hydroxylation is 4. The predicted octanol–water partition coefficient (Wildman–Crippen LogP) is 8.74. The topological polar surface area (TPSA) is 0 Å². The van der Waals surface area contributed by atoms with Crippen LogP contribution in [-0.4, -0.2) is 0 Å². The summed E-state index contributed by atoms with van der Waals surface area (Å²) in [4.78, 5) is 0. The minimum atomic E-state index is -0.806. The largest absolute Gasteiger partial charge is 0.206 e. The Kier molecular flexibility index (Phi) is 7.52. The normalized spacial score (nSPS) is 11.1. The molecule has 4 aromatic carbocycles. The van der Waals surface area contributed by atoms with Crippen LogP contribution in [-0.2, 0) is 25.7 Å². The maximum Gasteiger partial charge on any atom is 0.166 e. The van der Waals surface area contributed by atoms with E-state index in [1.165, 1.54) is 0 Å². The first-order valence-electron chi connectivity index (χ1n) is 11.9. The van der Waals surface area contributed by atoms with Gasteiger partial charge in [-0.05, 0) is 65.1 Å². The summed E-state index contributed by atoms with van der Waals surface area (Å²) in [6, 6.07) is 23.9. The Morgan fingerprint density at radius 3 is 1.74 bits per heavy atom. The molecule has 0 radical (unpaired) electrons. The molecule has 0 aliphatic carbocycles. The van der Waals surface area contributed by atoms with Gasteiger partial charge in [-0.25, -0.2) is 13.2 Å². The van der Waals surface area contributed by atoms with Gasteiger partial charge in [0.25, 0.3) is 0 Å². The summed E-state index contributed by atoms with van der Waals surface area (Å²) in [6.45, 7) is 4.13. The highest BCUT2D eigenvalue weighted by molar-refractivity contribution is 5.66. The second-order valence-corrected chi connectivity index (χ2v) is 8.71. The average Bonchev–Trinajstić information content (AvgIpc) is 2.86. The van der Waals surface area contributed by atoms with Crippen LogP contribution in [0.5, 0.6) is 0 Å². The number of hydrogen-bond donors (Lipinski definition) is 0. The molecule has 0 saturated heterocycles. The van der Waals surface area contributed by atoms with E-state index in [2.05, 4.69) is 13.8 Å². The monoisotopic (exact) mass is 458 g/mol. The Hall–Kier alpha value is -3.33. The molecule has 4 rings (SSSR count). The lowest BCUT2D eigenvalue weighted by molar-refractivity contribution is 0.501. The second kappa shape index (κ2) is 10.7. The summed E-state index contributed by atoms with van der Waals surface area (Å²) in [5, 5.41) is 0. The standard InChI is InChI=1S/C31H29F3/c1-3-5-23-11-18-27(29(32)20-23)24-14-8-22(9-15-24)10-16-26-17-19-28(31(34)30(26)33)25-12-6-21(4-2)7-13-25/h6-9,11-15,17-20H,3-5,10,16H2,1-2H3. The quantitative estimate of drug-likeness (QED) is 0.248. The lowest BCUT2D eigenvalue weighted by Crippen LogP contribution is -2.00. The maximum atomic E-state index is 14.8. The van der Waals surface area contributed by atoms with Gasteiger partial charge in [0.1, 0.15) is 5.82 Å². The molecule has 174 valence electrons. The van der Waals surface area contributed by atoms with Crippen molar-refractivity contribution < 1.29 is 13.2 Å². The first kappa shape index (κ1) is 23.8. The zero-order valence-electron chi connectivity index (χ0n) is 19.7. The molecule has 0 N–H and O–H groups in total. The van der Waals surface area contributed by atoms with Gasteiger partial charge in [-0.2, -0.15) is 0 Å². The van der Waals surface area contributed by atoms with Gasteiger partial charge in [0, 0.05) is 11.1 Å². The number of rotatable bonds is 8. The van der Waals surface area contributed by atoms with Crippen LogP contribution >= 0.6 is 0 Å². The smallest absolute Gasteiger partial charge is 0.166 e. The van der Waals surface area contributed by atoms with Crippen molar-refractivity contribution in [3.05, 3.63) is 119 Å². The summed E-state index contributed by atoms with van der Waals surface area (Å²) >= 11 is 0. The SMILES string of the molecule is CCCc1ccc(-c2ccc(CCc3ccc(-c4ccc(CC)cc4)c(F)c3F)cc2)c(F)c1. The molecular formula is C31H29F3.